The largest absolute Gasteiger partial charge is 0.493 e. The SMILES string of the molecule is CCCOc1c(Br)cc(C(=O)NCc2ccnc(OCC)c2)cc1OC. The summed E-state index contributed by atoms with van der Waals surface area (Å²) in [6, 6.07) is 7.03. The van der Waals surface area contributed by atoms with Crippen molar-refractivity contribution in [2.75, 3.05) is 20.3 Å². The van der Waals surface area contributed by atoms with Crippen LogP contribution in [0.4, 0.5) is 0 Å². The number of nitrogens with one attached hydrogen (secondary N) is 1. The molecule has 0 saturated carbocycles. The molecule has 0 spiro atoms. The van der Waals surface area contributed by atoms with Gasteiger partial charge in [0.05, 0.1) is 24.8 Å². The van der Waals surface area contributed by atoms with E-state index in [1.54, 1.807) is 25.4 Å². The summed E-state index contributed by atoms with van der Waals surface area (Å²) in [6.45, 7) is 5.41. The molecule has 0 atom stereocenters. The van der Waals surface area contributed by atoms with Gasteiger partial charge in [-0.1, -0.05) is 6.92 Å². The summed E-state index contributed by atoms with van der Waals surface area (Å²) in [5, 5.41) is 2.89. The summed E-state index contributed by atoms with van der Waals surface area (Å²) in [7, 11) is 1.55. The maximum atomic E-state index is 12.5. The molecule has 0 saturated heterocycles. The molecule has 2 rings (SSSR count). The number of ether oxygens (including phenoxy) is 3. The van der Waals surface area contributed by atoms with Gasteiger partial charge in [0.25, 0.3) is 5.91 Å². The fraction of sp³-hybridized carbons (Fsp3) is 0.368. The molecule has 0 radical (unpaired) electrons. The van der Waals surface area contributed by atoms with Crippen LogP contribution in [0, 0.1) is 0 Å². The highest BCUT2D eigenvalue weighted by atomic mass is 79.9. The number of aromatic nitrogens is 1. The van der Waals surface area contributed by atoms with Crippen molar-refractivity contribution in [2.24, 2.45) is 0 Å². The minimum atomic E-state index is -0.208. The number of hydrogen-bond acceptors (Lipinski definition) is 5. The number of nitrogens with zero attached hydrogens (tertiary/aromatic N) is 1. The molecule has 0 unspecified atom stereocenters. The predicted molar refractivity (Wildman–Crippen MR) is 103 cm³/mol. The Morgan fingerprint density at radius 2 is 2.04 bits per heavy atom. The van der Waals surface area contributed by atoms with Crippen molar-refractivity contribution in [2.45, 2.75) is 26.8 Å². The van der Waals surface area contributed by atoms with Gasteiger partial charge < -0.3 is 19.5 Å². The number of pyridine rings is 1. The van der Waals surface area contributed by atoms with Crippen molar-refractivity contribution in [3.8, 4) is 17.4 Å². The molecule has 1 aromatic heterocycles. The van der Waals surface area contributed by atoms with E-state index in [1.165, 1.54) is 0 Å². The topological polar surface area (TPSA) is 69.7 Å². The van der Waals surface area contributed by atoms with Crippen molar-refractivity contribution in [1.29, 1.82) is 0 Å². The van der Waals surface area contributed by atoms with Gasteiger partial charge in [-0.2, -0.15) is 0 Å². The fourth-order valence-electron chi connectivity index (χ4n) is 2.27. The number of methoxy groups -OCH3 is 1. The van der Waals surface area contributed by atoms with Crippen LogP contribution < -0.4 is 19.5 Å². The van der Waals surface area contributed by atoms with E-state index in [0.29, 0.717) is 47.2 Å². The molecule has 1 heterocycles. The van der Waals surface area contributed by atoms with Crippen LogP contribution in [0.3, 0.4) is 0 Å². The third-order valence-electron chi connectivity index (χ3n) is 3.49. The number of hydrogen-bond donors (Lipinski definition) is 1. The molecule has 140 valence electrons. The fourth-order valence-corrected chi connectivity index (χ4v) is 2.82. The first-order valence-electron chi connectivity index (χ1n) is 8.45. The lowest BCUT2D eigenvalue weighted by atomic mass is 10.1. The zero-order chi connectivity index (χ0) is 18.9. The Labute approximate surface area is 162 Å². The summed E-state index contributed by atoms with van der Waals surface area (Å²) < 4.78 is 17.1. The number of carbonyl (C=O) groups excluding carboxylic acids is 1. The number of carbonyl (C=O) groups is 1. The minimum Gasteiger partial charge on any atom is -0.493 e. The number of benzene rings is 1. The van der Waals surface area contributed by atoms with Crippen LogP contribution in [0.5, 0.6) is 17.4 Å². The van der Waals surface area contributed by atoms with Crippen LogP contribution in [-0.4, -0.2) is 31.2 Å². The van der Waals surface area contributed by atoms with Gasteiger partial charge >= 0.3 is 0 Å². The molecule has 0 bridgehead atoms. The Kier molecular flexibility index (Phi) is 7.72. The predicted octanol–water partition coefficient (Wildman–Crippen LogP) is 3.97. The van der Waals surface area contributed by atoms with Crippen LogP contribution >= 0.6 is 15.9 Å². The molecule has 26 heavy (non-hydrogen) atoms. The third kappa shape index (κ3) is 5.36. The molecular weight excluding hydrogens is 400 g/mol. The molecule has 1 N–H and O–H groups in total. The van der Waals surface area contributed by atoms with E-state index in [1.807, 2.05) is 26.0 Å². The van der Waals surface area contributed by atoms with Crippen molar-refractivity contribution in [1.82, 2.24) is 10.3 Å². The van der Waals surface area contributed by atoms with E-state index in [-0.39, 0.29) is 5.91 Å². The molecule has 0 aliphatic rings. The average Bonchev–Trinajstić information content (AvgIpc) is 2.65. The summed E-state index contributed by atoms with van der Waals surface area (Å²) >= 11 is 3.45. The van der Waals surface area contributed by atoms with Crippen molar-refractivity contribution < 1.29 is 19.0 Å². The first kappa shape index (κ1) is 20.0. The molecule has 1 aromatic carbocycles. The molecule has 0 fully saturated rings. The lowest BCUT2D eigenvalue weighted by Gasteiger charge is -2.14. The zero-order valence-electron chi connectivity index (χ0n) is 15.2. The average molecular weight is 423 g/mol. The second kappa shape index (κ2) is 10.0. The smallest absolute Gasteiger partial charge is 0.251 e. The van der Waals surface area contributed by atoms with Crippen molar-refractivity contribution in [3.05, 3.63) is 46.1 Å². The van der Waals surface area contributed by atoms with Gasteiger partial charge in [0.1, 0.15) is 0 Å². The van der Waals surface area contributed by atoms with E-state index in [9.17, 15) is 4.79 Å². The van der Waals surface area contributed by atoms with E-state index in [2.05, 4.69) is 26.2 Å². The highest BCUT2D eigenvalue weighted by Gasteiger charge is 2.15. The first-order valence-corrected chi connectivity index (χ1v) is 9.24. The summed E-state index contributed by atoms with van der Waals surface area (Å²) in [5.74, 6) is 1.45. The van der Waals surface area contributed by atoms with Gasteiger partial charge in [0, 0.05) is 24.4 Å². The maximum Gasteiger partial charge on any atom is 0.251 e. The van der Waals surface area contributed by atoms with Crippen LogP contribution in [0.15, 0.2) is 34.9 Å². The molecule has 1 amide bonds. The maximum absolute atomic E-state index is 12.5. The van der Waals surface area contributed by atoms with E-state index in [0.717, 1.165) is 12.0 Å². The molecule has 0 aliphatic heterocycles. The molecule has 7 heteroatoms. The number of rotatable bonds is 9. The van der Waals surface area contributed by atoms with Gasteiger partial charge in [-0.25, -0.2) is 4.98 Å². The van der Waals surface area contributed by atoms with Crippen LogP contribution in [0.25, 0.3) is 0 Å². The van der Waals surface area contributed by atoms with E-state index in [4.69, 9.17) is 14.2 Å². The second-order valence-electron chi connectivity index (χ2n) is 5.46. The lowest BCUT2D eigenvalue weighted by molar-refractivity contribution is 0.0950. The molecule has 2 aromatic rings. The molecular formula is C19H23BrN2O4. The zero-order valence-corrected chi connectivity index (χ0v) is 16.8. The summed E-state index contributed by atoms with van der Waals surface area (Å²) in [5.41, 5.74) is 1.39. The monoisotopic (exact) mass is 422 g/mol. The van der Waals surface area contributed by atoms with Gasteiger partial charge in [0.2, 0.25) is 5.88 Å². The van der Waals surface area contributed by atoms with Crippen molar-refractivity contribution >= 4 is 21.8 Å². The molecule has 6 nitrogen and oxygen atoms in total. The van der Waals surface area contributed by atoms with Crippen LogP contribution in [-0.2, 0) is 6.54 Å². The highest BCUT2D eigenvalue weighted by molar-refractivity contribution is 9.10. The van der Waals surface area contributed by atoms with E-state index < -0.39 is 0 Å². The van der Waals surface area contributed by atoms with Gasteiger partial charge in [0.15, 0.2) is 11.5 Å². The Balaban J connectivity index is 2.09. The Morgan fingerprint density at radius 3 is 2.73 bits per heavy atom. The van der Waals surface area contributed by atoms with Gasteiger partial charge in [-0.15, -0.1) is 0 Å². The van der Waals surface area contributed by atoms with Crippen LogP contribution in [0.2, 0.25) is 0 Å². The summed E-state index contributed by atoms with van der Waals surface area (Å²) in [4.78, 5) is 16.6. The number of halogens is 1. The normalized spacial score (nSPS) is 10.3. The second-order valence-corrected chi connectivity index (χ2v) is 6.31. The lowest BCUT2D eigenvalue weighted by Crippen LogP contribution is -2.23. The first-order chi connectivity index (χ1) is 12.6. The minimum absolute atomic E-state index is 0.208. The Morgan fingerprint density at radius 1 is 1.23 bits per heavy atom. The van der Waals surface area contributed by atoms with E-state index >= 15 is 0 Å². The quantitative estimate of drug-likeness (QED) is 0.661. The number of amides is 1. The van der Waals surface area contributed by atoms with Crippen molar-refractivity contribution in [3.63, 3.8) is 0 Å². The summed E-state index contributed by atoms with van der Waals surface area (Å²) in [6.07, 6.45) is 2.54. The third-order valence-corrected chi connectivity index (χ3v) is 4.08. The highest BCUT2D eigenvalue weighted by Crippen LogP contribution is 2.36. The Bertz CT molecular complexity index is 752. The van der Waals surface area contributed by atoms with Crippen LogP contribution in [0.1, 0.15) is 36.2 Å². The van der Waals surface area contributed by atoms with Gasteiger partial charge in [-0.05, 0) is 53.0 Å². The Hall–Kier alpha value is -2.28. The standard InChI is InChI=1S/C19H23BrN2O4/c1-4-8-26-18-15(20)10-14(11-16(18)24-3)19(23)22-12-13-6-7-21-17(9-13)25-5-2/h6-7,9-11H,4-5,8,12H2,1-3H3,(H,22,23). The van der Waals surface area contributed by atoms with Gasteiger partial charge in [-0.3, -0.25) is 4.79 Å². The molecule has 0 aliphatic carbocycles.